The van der Waals surface area contributed by atoms with Gasteiger partial charge in [0, 0.05) is 29.6 Å². The second-order valence-corrected chi connectivity index (χ2v) is 10.7. The Labute approximate surface area is 201 Å². The predicted octanol–water partition coefficient (Wildman–Crippen LogP) is 8.32. The fraction of sp³-hybridized carbons (Fsp3) is 0.207. The Bertz CT molecular complexity index is 1550. The van der Waals surface area contributed by atoms with Crippen molar-refractivity contribution in [2.75, 3.05) is 10.2 Å². The van der Waals surface area contributed by atoms with Crippen LogP contribution in [0.25, 0.3) is 20.3 Å². The Morgan fingerprint density at radius 3 is 2.55 bits per heavy atom. The summed E-state index contributed by atoms with van der Waals surface area (Å²) in [6.07, 6.45) is -0.0367. The van der Waals surface area contributed by atoms with Crippen molar-refractivity contribution in [3.05, 3.63) is 95.7 Å². The van der Waals surface area contributed by atoms with Crippen LogP contribution in [0.3, 0.4) is 0 Å². The van der Waals surface area contributed by atoms with Gasteiger partial charge >= 0.3 is 0 Å². The van der Waals surface area contributed by atoms with Crippen molar-refractivity contribution in [2.24, 2.45) is 0 Å². The van der Waals surface area contributed by atoms with Gasteiger partial charge in [-0.3, -0.25) is 0 Å². The Morgan fingerprint density at radius 1 is 0.939 bits per heavy atom. The number of hydrogen-bond donors (Lipinski definition) is 1. The zero-order valence-electron chi connectivity index (χ0n) is 21.0. The quantitative estimate of drug-likeness (QED) is 0.292. The number of anilines is 3. The van der Waals surface area contributed by atoms with E-state index >= 15 is 0 Å². The lowest BCUT2D eigenvalue weighted by molar-refractivity contribution is 0.590. The second-order valence-electron chi connectivity index (χ2n) is 9.68. The van der Waals surface area contributed by atoms with Gasteiger partial charge in [0.15, 0.2) is 0 Å². The average Bonchev–Trinajstić information content (AvgIpc) is 3.41. The van der Waals surface area contributed by atoms with E-state index in [9.17, 15) is 0 Å². The first-order chi connectivity index (χ1) is 16.8. The topological polar surface area (TPSA) is 28.2 Å². The number of fused-ring (bicyclic) bond motifs is 4. The maximum atomic E-state index is 7.69. The van der Waals surface area contributed by atoms with E-state index in [4.69, 9.17) is 2.74 Å². The molecule has 0 aliphatic carbocycles. The lowest BCUT2D eigenvalue weighted by Gasteiger charge is -2.28. The highest BCUT2D eigenvalue weighted by Crippen LogP contribution is 2.47. The smallest absolute Gasteiger partial charge is 0.130 e. The van der Waals surface area contributed by atoms with Crippen LogP contribution in [-0.4, -0.2) is 4.98 Å². The molecule has 0 amide bonds. The Balaban J connectivity index is 1.46. The number of para-hydroxylation sites is 2. The average molecular weight is 452 g/mol. The first kappa shape index (κ1) is 18.1. The minimum absolute atomic E-state index is 0.0367. The normalized spacial score (nSPS) is 16.7. The fourth-order valence-electron chi connectivity index (χ4n) is 4.66. The van der Waals surface area contributed by atoms with Gasteiger partial charge in [-0.05, 0) is 71.9 Å². The highest BCUT2D eigenvalue weighted by Gasteiger charge is 2.31. The molecule has 3 heterocycles. The molecule has 4 heteroatoms. The number of thiophene rings is 1. The zero-order valence-corrected chi connectivity index (χ0v) is 19.8. The second kappa shape index (κ2) is 7.32. The SMILES string of the molecule is [2H]C([2H])c1ccc2c(n1)sc1ccc(C3Nc4ccccc4N3c3ccc(C(C)(C)C)cc3)cc12. The molecular formula is C29H27N3S. The third-order valence-corrected chi connectivity index (χ3v) is 7.50. The van der Waals surface area contributed by atoms with E-state index in [-0.39, 0.29) is 11.6 Å². The van der Waals surface area contributed by atoms with Gasteiger partial charge in [-0.25, -0.2) is 4.98 Å². The summed E-state index contributed by atoms with van der Waals surface area (Å²) >= 11 is 1.62. The number of nitrogens with one attached hydrogen (secondary N) is 1. The van der Waals surface area contributed by atoms with Crippen molar-refractivity contribution in [2.45, 2.75) is 39.2 Å². The summed E-state index contributed by atoms with van der Waals surface area (Å²) in [6.45, 7) is 5.65. The molecule has 0 spiro atoms. The lowest BCUT2D eigenvalue weighted by atomic mass is 9.87. The molecule has 0 saturated heterocycles. The van der Waals surface area contributed by atoms with Gasteiger partial charge in [-0.2, -0.15) is 0 Å². The van der Waals surface area contributed by atoms with E-state index < -0.39 is 6.88 Å². The van der Waals surface area contributed by atoms with Gasteiger partial charge in [0.1, 0.15) is 11.0 Å². The molecule has 1 atom stereocenters. The highest BCUT2D eigenvalue weighted by atomic mass is 32.1. The zero-order chi connectivity index (χ0) is 24.3. The third-order valence-electron chi connectivity index (χ3n) is 6.42. The molecule has 3 aromatic carbocycles. The van der Waals surface area contributed by atoms with Gasteiger partial charge in [0.05, 0.1) is 11.4 Å². The molecule has 0 fully saturated rings. The van der Waals surface area contributed by atoms with Crippen LogP contribution in [0.1, 0.15) is 46.5 Å². The van der Waals surface area contributed by atoms with E-state index in [1.807, 2.05) is 6.07 Å². The van der Waals surface area contributed by atoms with Gasteiger partial charge in [0.2, 0.25) is 0 Å². The molecule has 1 unspecified atom stereocenters. The summed E-state index contributed by atoms with van der Waals surface area (Å²) in [5.41, 5.74) is 6.53. The van der Waals surface area contributed by atoms with Crippen LogP contribution in [-0.2, 0) is 5.41 Å². The molecule has 1 N–H and O–H groups in total. The summed E-state index contributed by atoms with van der Waals surface area (Å²) in [4.78, 5) is 7.84. The molecule has 3 nitrogen and oxygen atoms in total. The number of aromatic nitrogens is 1. The van der Waals surface area contributed by atoms with Crippen LogP contribution in [0.5, 0.6) is 0 Å². The van der Waals surface area contributed by atoms with Crippen LogP contribution in [0.2, 0.25) is 0 Å². The number of pyridine rings is 1. The molecule has 2 aromatic heterocycles. The summed E-state index contributed by atoms with van der Waals surface area (Å²) < 4.78 is 16.5. The highest BCUT2D eigenvalue weighted by molar-refractivity contribution is 7.25. The molecule has 0 saturated carbocycles. The van der Waals surface area contributed by atoms with Crippen molar-refractivity contribution < 1.29 is 2.74 Å². The van der Waals surface area contributed by atoms with Crippen LogP contribution < -0.4 is 10.2 Å². The molecule has 0 bridgehead atoms. The predicted molar refractivity (Wildman–Crippen MR) is 142 cm³/mol. The van der Waals surface area contributed by atoms with E-state index in [0.717, 1.165) is 31.7 Å². The van der Waals surface area contributed by atoms with Crippen molar-refractivity contribution >= 4 is 48.7 Å². The molecule has 33 heavy (non-hydrogen) atoms. The summed E-state index contributed by atoms with van der Waals surface area (Å²) in [5, 5.41) is 5.97. The Morgan fingerprint density at radius 2 is 1.76 bits per heavy atom. The van der Waals surface area contributed by atoms with Crippen LogP contribution >= 0.6 is 11.3 Å². The summed E-state index contributed by atoms with van der Waals surface area (Å²) in [5.74, 6) is 0. The van der Waals surface area contributed by atoms with E-state index in [1.165, 1.54) is 16.8 Å². The van der Waals surface area contributed by atoms with Gasteiger partial charge in [-0.15, -0.1) is 11.3 Å². The van der Waals surface area contributed by atoms with Crippen molar-refractivity contribution in [3.63, 3.8) is 0 Å². The molecule has 1 aliphatic rings. The maximum Gasteiger partial charge on any atom is 0.130 e. The summed E-state index contributed by atoms with van der Waals surface area (Å²) in [6, 6.07) is 27.8. The van der Waals surface area contributed by atoms with Crippen molar-refractivity contribution in [1.82, 2.24) is 4.98 Å². The maximum absolute atomic E-state index is 7.69. The van der Waals surface area contributed by atoms with Gasteiger partial charge in [0.25, 0.3) is 0 Å². The summed E-state index contributed by atoms with van der Waals surface area (Å²) in [7, 11) is 0. The number of nitrogens with zero attached hydrogens (tertiary/aromatic N) is 2. The minimum Gasteiger partial charge on any atom is -0.359 e. The number of benzene rings is 3. The van der Waals surface area contributed by atoms with Crippen LogP contribution in [0, 0.1) is 6.88 Å². The minimum atomic E-state index is -1.07. The van der Waals surface area contributed by atoms with Gasteiger partial charge in [-0.1, -0.05) is 51.1 Å². The monoisotopic (exact) mass is 451 g/mol. The number of aryl methyl sites for hydroxylation is 1. The molecule has 0 radical (unpaired) electrons. The van der Waals surface area contributed by atoms with E-state index in [0.29, 0.717) is 5.69 Å². The van der Waals surface area contributed by atoms with Crippen molar-refractivity contribution in [1.29, 1.82) is 0 Å². The number of rotatable bonds is 2. The molecule has 6 rings (SSSR count). The standard InChI is InChI=1S/C29H27N3S/c1-18-9-15-22-23-17-19(10-16-26(23)33-28(22)30-18)27-31-24-7-5-6-8-25(24)32(27)21-13-11-20(12-14-21)29(2,3)4/h5-17,27,31H,1-4H3/i1D2. The van der Waals surface area contributed by atoms with E-state index in [2.05, 4.69) is 103 Å². The molecule has 5 aromatic rings. The van der Waals surface area contributed by atoms with Gasteiger partial charge < -0.3 is 10.2 Å². The van der Waals surface area contributed by atoms with Crippen LogP contribution in [0.4, 0.5) is 17.1 Å². The first-order valence-electron chi connectivity index (χ1n) is 12.4. The fourth-order valence-corrected chi connectivity index (χ4v) is 5.72. The Hall–Kier alpha value is -3.37. The number of hydrogen-bond acceptors (Lipinski definition) is 4. The lowest BCUT2D eigenvalue weighted by Crippen LogP contribution is -2.23. The largest absolute Gasteiger partial charge is 0.359 e. The molecule has 164 valence electrons. The molecule has 1 aliphatic heterocycles. The molecular weight excluding hydrogens is 422 g/mol. The van der Waals surface area contributed by atoms with E-state index in [1.54, 1.807) is 17.4 Å². The first-order valence-corrected chi connectivity index (χ1v) is 12.0. The van der Waals surface area contributed by atoms with Crippen LogP contribution in [0.15, 0.2) is 78.9 Å². The Kier molecular flexibility index (Phi) is 4.02. The third kappa shape index (κ3) is 3.37. The van der Waals surface area contributed by atoms with Crippen molar-refractivity contribution in [3.8, 4) is 0 Å².